The summed E-state index contributed by atoms with van der Waals surface area (Å²) in [7, 11) is 0. The molecule has 4 heteroatoms. The number of carbonyl (C=O) groups is 1. The molecular weight excluding hydrogens is 274 g/mol. The summed E-state index contributed by atoms with van der Waals surface area (Å²) in [4.78, 5) is 14.1. The molecule has 0 radical (unpaired) electrons. The second kappa shape index (κ2) is 11.4. The van der Waals surface area contributed by atoms with Crippen molar-refractivity contribution in [3.8, 4) is 0 Å². The van der Waals surface area contributed by atoms with Crippen molar-refractivity contribution in [2.45, 2.75) is 70.8 Å². The van der Waals surface area contributed by atoms with Crippen molar-refractivity contribution in [3.05, 3.63) is 0 Å². The summed E-state index contributed by atoms with van der Waals surface area (Å²) >= 11 is 5.61. The van der Waals surface area contributed by atoms with Crippen molar-refractivity contribution in [3.63, 3.8) is 0 Å². The van der Waals surface area contributed by atoms with Crippen LogP contribution in [0.4, 0.5) is 0 Å². The Balaban J connectivity index is 2.04. The molecule has 0 saturated carbocycles. The molecule has 0 aromatic rings. The van der Waals surface area contributed by atoms with Crippen LogP contribution in [0.25, 0.3) is 0 Å². The van der Waals surface area contributed by atoms with E-state index in [1.807, 2.05) is 4.90 Å². The van der Waals surface area contributed by atoms with Gasteiger partial charge in [-0.1, -0.05) is 39.0 Å². The van der Waals surface area contributed by atoms with Crippen LogP contribution in [-0.2, 0) is 9.53 Å². The van der Waals surface area contributed by atoms with E-state index in [4.69, 9.17) is 16.3 Å². The number of ether oxygens (including phenoxy) is 1. The van der Waals surface area contributed by atoms with Gasteiger partial charge in [-0.3, -0.25) is 4.79 Å². The first kappa shape index (κ1) is 17.8. The van der Waals surface area contributed by atoms with Crippen molar-refractivity contribution in [1.29, 1.82) is 0 Å². The van der Waals surface area contributed by atoms with E-state index in [1.54, 1.807) is 0 Å². The number of carbonyl (C=O) groups excluding carboxylic acids is 1. The van der Waals surface area contributed by atoms with Crippen LogP contribution < -0.4 is 0 Å². The molecule has 0 spiro atoms. The summed E-state index contributed by atoms with van der Waals surface area (Å²) in [5.74, 6) is 0.883. The number of nitrogens with zero attached hydrogens (tertiary/aromatic N) is 1. The topological polar surface area (TPSA) is 29.5 Å². The summed E-state index contributed by atoms with van der Waals surface area (Å²) in [5.41, 5.74) is 0. The third-order valence-corrected chi connectivity index (χ3v) is 4.12. The lowest BCUT2D eigenvalue weighted by Gasteiger charge is -2.32. The zero-order chi connectivity index (χ0) is 14.6. The fourth-order valence-electron chi connectivity index (χ4n) is 2.70. The van der Waals surface area contributed by atoms with E-state index >= 15 is 0 Å². The van der Waals surface area contributed by atoms with Crippen molar-refractivity contribution in [2.24, 2.45) is 0 Å². The summed E-state index contributed by atoms with van der Waals surface area (Å²) in [6, 6.07) is 0. The van der Waals surface area contributed by atoms with Crippen LogP contribution in [-0.4, -0.2) is 42.5 Å². The molecule has 1 aliphatic rings. The first-order valence-corrected chi connectivity index (χ1v) is 8.76. The molecule has 118 valence electrons. The van der Waals surface area contributed by atoms with Gasteiger partial charge in [0.05, 0.1) is 12.7 Å². The van der Waals surface area contributed by atoms with Gasteiger partial charge < -0.3 is 9.64 Å². The van der Waals surface area contributed by atoms with E-state index in [0.29, 0.717) is 24.5 Å². The molecule has 0 aromatic heterocycles. The highest BCUT2D eigenvalue weighted by atomic mass is 35.5. The average molecular weight is 304 g/mol. The molecule has 0 aliphatic carbocycles. The number of unbranched alkanes of at least 4 members (excludes halogenated alkanes) is 5. The first-order chi connectivity index (χ1) is 9.77. The maximum atomic E-state index is 12.1. The molecular formula is C16H30ClNO2. The highest BCUT2D eigenvalue weighted by Crippen LogP contribution is 2.16. The first-order valence-electron chi connectivity index (χ1n) is 8.23. The molecule has 3 nitrogen and oxygen atoms in total. The number of likely N-dealkylation sites (tertiary alicyclic amines) is 1. The van der Waals surface area contributed by atoms with Gasteiger partial charge in [0.25, 0.3) is 0 Å². The molecule has 0 atom stereocenters. The lowest BCUT2D eigenvalue weighted by atomic mass is 10.1. The number of alkyl halides is 1. The number of rotatable bonds is 10. The van der Waals surface area contributed by atoms with Gasteiger partial charge in [-0.05, 0) is 19.3 Å². The Morgan fingerprint density at radius 2 is 1.80 bits per heavy atom. The highest BCUT2D eigenvalue weighted by molar-refractivity contribution is 6.17. The summed E-state index contributed by atoms with van der Waals surface area (Å²) in [5, 5.41) is 0. The van der Waals surface area contributed by atoms with E-state index in [-0.39, 0.29) is 0 Å². The maximum Gasteiger partial charge on any atom is 0.222 e. The van der Waals surface area contributed by atoms with Gasteiger partial charge in [-0.15, -0.1) is 11.6 Å². The van der Waals surface area contributed by atoms with Gasteiger partial charge in [0.1, 0.15) is 0 Å². The Labute approximate surface area is 129 Å². The minimum absolute atomic E-state index is 0.298. The van der Waals surface area contributed by atoms with E-state index in [9.17, 15) is 4.79 Å². The van der Waals surface area contributed by atoms with E-state index in [0.717, 1.165) is 38.8 Å². The molecule has 0 unspecified atom stereocenters. The molecule has 1 saturated heterocycles. The average Bonchev–Trinajstić information content (AvgIpc) is 2.49. The Bertz CT molecular complexity index is 253. The van der Waals surface area contributed by atoms with Crippen LogP contribution in [0, 0.1) is 0 Å². The minimum atomic E-state index is 0.298. The smallest absolute Gasteiger partial charge is 0.222 e. The predicted octanol–water partition coefficient (Wildman–Crippen LogP) is 3.98. The Kier molecular flexibility index (Phi) is 10.1. The Hall–Kier alpha value is -0.280. The molecule has 0 N–H and O–H groups in total. The summed E-state index contributed by atoms with van der Waals surface area (Å²) in [6.07, 6.45) is 10.4. The standard InChI is InChI=1S/C16H30ClNO2/c1-2-3-4-5-6-7-8-16(19)18-12-9-15(10-13-18)20-14-11-17/h15H,2-14H2,1H3. The van der Waals surface area contributed by atoms with Crippen molar-refractivity contribution >= 4 is 17.5 Å². The van der Waals surface area contributed by atoms with Gasteiger partial charge in [-0.2, -0.15) is 0 Å². The largest absolute Gasteiger partial charge is 0.377 e. The van der Waals surface area contributed by atoms with Gasteiger partial charge in [0.15, 0.2) is 0 Å². The third kappa shape index (κ3) is 7.49. The van der Waals surface area contributed by atoms with Gasteiger partial charge in [0.2, 0.25) is 5.91 Å². The van der Waals surface area contributed by atoms with Crippen LogP contribution in [0.5, 0.6) is 0 Å². The molecule has 1 rings (SSSR count). The zero-order valence-electron chi connectivity index (χ0n) is 12.9. The van der Waals surface area contributed by atoms with E-state index in [2.05, 4.69) is 6.92 Å². The fourth-order valence-corrected chi connectivity index (χ4v) is 2.79. The number of halogens is 1. The predicted molar refractivity (Wildman–Crippen MR) is 84.3 cm³/mol. The van der Waals surface area contributed by atoms with Gasteiger partial charge in [-0.25, -0.2) is 0 Å². The van der Waals surface area contributed by atoms with Crippen molar-refractivity contribution in [1.82, 2.24) is 4.90 Å². The lowest BCUT2D eigenvalue weighted by molar-refractivity contribution is -0.133. The van der Waals surface area contributed by atoms with Crippen LogP contribution in [0.3, 0.4) is 0 Å². The second-order valence-electron chi connectivity index (χ2n) is 5.66. The molecule has 1 fully saturated rings. The van der Waals surface area contributed by atoms with Gasteiger partial charge in [0, 0.05) is 25.4 Å². The molecule has 1 heterocycles. The quantitative estimate of drug-likeness (QED) is 0.451. The summed E-state index contributed by atoms with van der Waals surface area (Å²) in [6.45, 7) is 4.55. The lowest BCUT2D eigenvalue weighted by Crippen LogP contribution is -2.40. The second-order valence-corrected chi connectivity index (χ2v) is 6.04. The summed E-state index contributed by atoms with van der Waals surface area (Å²) < 4.78 is 5.63. The van der Waals surface area contributed by atoms with Crippen LogP contribution >= 0.6 is 11.6 Å². The molecule has 0 bridgehead atoms. The van der Waals surface area contributed by atoms with Crippen molar-refractivity contribution in [2.75, 3.05) is 25.6 Å². The normalized spacial score (nSPS) is 16.6. The monoisotopic (exact) mass is 303 g/mol. The number of hydrogen-bond donors (Lipinski definition) is 0. The minimum Gasteiger partial charge on any atom is -0.377 e. The Morgan fingerprint density at radius 1 is 1.15 bits per heavy atom. The number of piperidine rings is 1. The SMILES string of the molecule is CCCCCCCCC(=O)N1CCC(OCCCl)CC1. The van der Waals surface area contributed by atoms with E-state index in [1.165, 1.54) is 32.1 Å². The highest BCUT2D eigenvalue weighted by Gasteiger charge is 2.22. The van der Waals surface area contributed by atoms with Crippen LogP contribution in [0.2, 0.25) is 0 Å². The van der Waals surface area contributed by atoms with Crippen LogP contribution in [0.1, 0.15) is 64.7 Å². The molecule has 0 aromatic carbocycles. The Morgan fingerprint density at radius 3 is 2.45 bits per heavy atom. The zero-order valence-corrected chi connectivity index (χ0v) is 13.7. The van der Waals surface area contributed by atoms with Crippen LogP contribution in [0.15, 0.2) is 0 Å². The fraction of sp³-hybridized carbons (Fsp3) is 0.938. The van der Waals surface area contributed by atoms with Gasteiger partial charge >= 0.3 is 0 Å². The number of amides is 1. The maximum absolute atomic E-state index is 12.1. The molecule has 20 heavy (non-hydrogen) atoms. The van der Waals surface area contributed by atoms with Crippen molar-refractivity contribution < 1.29 is 9.53 Å². The third-order valence-electron chi connectivity index (χ3n) is 3.97. The molecule has 1 amide bonds. The van der Waals surface area contributed by atoms with E-state index < -0.39 is 0 Å². The number of hydrogen-bond acceptors (Lipinski definition) is 2. The molecule has 1 aliphatic heterocycles.